The van der Waals surface area contributed by atoms with Crippen molar-refractivity contribution >= 4 is 29.6 Å². The highest BCUT2D eigenvalue weighted by atomic mass is 19.2. The fourth-order valence-electron chi connectivity index (χ4n) is 3.35. The van der Waals surface area contributed by atoms with Gasteiger partial charge in [0.25, 0.3) is 5.91 Å². The molecule has 1 N–H and O–H groups in total. The van der Waals surface area contributed by atoms with Crippen LogP contribution in [0.4, 0.5) is 28.4 Å². The number of urea groups is 1. The maximum atomic E-state index is 13.5. The largest absolute Gasteiger partial charge is 0.444 e. The Morgan fingerprint density at radius 3 is 2.09 bits per heavy atom. The molecule has 9 nitrogen and oxygen atoms in total. The van der Waals surface area contributed by atoms with Crippen molar-refractivity contribution in [1.82, 2.24) is 15.1 Å². The van der Waals surface area contributed by atoms with Crippen molar-refractivity contribution in [1.29, 1.82) is 0 Å². The van der Waals surface area contributed by atoms with E-state index in [1.807, 2.05) is 0 Å². The molecule has 0 spiro atoms. The van der Waals surface area contributed by atoms with Crippen LogP contribution in [0.1, 0.15) is 27.2 Å². The minimum absolute atomic E-state index is 0.213. The second kappa shape index (κ2) is 8.67. The summed E-state index contributed by atoms with van der Waals surface area (Å²) in [7, 11) is 0. The summed E-state index contributed by atoms with van der Waals surface area (Å²) >= 11 is 0. The van der Waals surface area contributed by atoms with Gasteiger partial charge in [-0.1, -0.05) is 0 Å². The number of hydrogen-bond donors (Lipinski definition) is 1. The lowest BCUT2D eigenvalue weighted by Crippen LogP contribution is -2.52. The van der Waals surface area contributed by atoms with Crippen LogP contribution in [0.25, 0.3) is 0 Å². The molecule has 2 fully saturated rings. The van der Waals surface area contributed by atoms with Gasteiger partial charge in [-0.25, -0.2) is 27.7 Å². The number of imide groups is 1. The van der Waals surface area contributed by atoms with Gasteiger partial charge in [0.1, 0.15) is 11.6 Å². The molecule has 0 bridgehead atoms. The number of carbonyl (C=O) groups excluding carboxylic acids is 4. The zero-order chi connectivity index (χ0) is 23.8. The summed E-state index contributed by atoms with van der Waals surface area (Å²) in [5.41, 5.74) is -1.13. The number of carbonyl (C=O) groups is 4. The van der Waals surface area contributed by atoms with E-state index in [9.17, 15) is 32.3 Å². The quantitative estimate of drug-likeness (QED) is 0.554. The van der Waals surface area contributed by atoms with E-state index in [1.54, 1.807) is 20.8 Å². The van der Waals surface area contributed by atoms with Crippen molar-refractivity contribution < 1.29 is 37.1 Å². The van der Waals surface area contributed by atoms with Gasteiger partial charge in [0.15, 0.2) is 17.5 Å². The van der Waals surface area contributed by atoms with Crippen molar-refractivity contribution in [2.75, 3.05) is 31.1 Å². The molecular formula is C20H23F3N4O5. The number of nitrogens with one attached hydrogen (secondary N) is 1. The molecule has 0 aliphatic carbocycles. The van der Waals surface area contributed by atoms with Gasteiger partial charge >= 0.3 is 12.1 Å². The van der Waals surface area contributed by atoms with E-state index in [0.29, 0.717) is 17.0 Å². The minimum Gasteiger partial charge on any atom is -0.444 e. The zero-order valence-corrected chi connectivity index (χ0v) is 17.8. The molecule has 2 heterocycles. The second-order valence-electron chi connectivity index (χ2n) is 8.45. The SMILES string of the molecule is CC(C)(C)OC(=O)N1CCN(C(=O)CC2NC(=O)N(c3cc(F)c(F)c(F)c3)C2=O)CC1. The van der Waals surface area contributed by atoms with Gasteiger partial charge in [0.05, 0.1) is 12.1 Å². The average Bonchev–Trinajstić information content (AvgIpc) is 2.97. The van der Waals surface area contributed by atoms with Crippen LogP contribution in [-0.4, -0.2) is 71.6 Å². The van der Waals surface area contributed by atoms with Crippen molar-refractivity contribution in [2.45, 2.75) is 38.8 Å². The van der Waals surface area contributed by atoms with Crippen LogP contribution in [0, 0.1) is 17.5 Å². The lowest BCUT2D eigenvalue weighted by molar-refractivity contribution is -0.135. The first kappa shape index (κ1) is 23.4. The van der Waals surface area contributed by atoms with E-state index in [-0.39, 0.29) is 32.6 Å². The molecule has 12 heteroatoms. The Balaban J connectivity index is 1.59. The molecule has 2 aliphatic heterocycles. The highest BCUT2D eigenvalue weighted by Gasteiger charge is 2.41. The molecule has 5 amide bonds. The number of amides is 5. The topological polar surface area (TPSA) is 99.3 Å². The second-order valence-corrected chi connectivity index (χ2v) is 8.45. The zero-order valence-electron chi connectivity index (χ0n) is 17.8. The standard InChI is InChI=1S/C20H23F3N4O5/c1-20(2,3)32-19(31)26-6-4-25(5-7-26)15(28)10-14-17(29)27(18(30)24-14)11-8-12(21)16(23)13(22)9-11/h8-9,14H,4-7,10H2,1-3H3,(H,24,30). The lowest BCUT2D eigenvalue weighted by atomic mass is 10.1. The molecule has 1 unspecified atom stereocenters. The van der Waals surface area contributed by atoms with Crippen LogP contribution in [0.2, 0.25) is 0 Å². The molecule has 174 valence electrons. The van der Waals surface area contributed by atoms with E-state index >= 15 is 0 Å². The van der Waals surface area contributed by atoms with E-state index in [4.69, 9.17) is 4.74 Å². The van der Waals surface area contributed by atoms with Gasteiger partial charge in [0.2, 0.25) is 5.91 Å². The summed E-state index contributed by atoms with van der Waals surface area (Å²) in [4.78, 5) is 52.8. The van der Waals surface area contributed by atoms with Crippen LogP contribution in [0.15, 0.2) is 12.1 Å². The number of anilines is 1. The normalized spacial score (nSPS) is 19.3. The summed E-state index contributed by atoms with van der Waals surface area (Å²) in [5, 5.41) is 2.30. The molecule has 2 saturated heterocycles. The molecule has 1 aromatic rings. The summed E-state index contributed by atoms with van der Waals surface area (Å²) in [5.74, 6) is -6.16. The number of ether oxygens (including phenoxy) is 1. The van der Waals surface area contributed by atoms with Crippen molar-refractivity contribution in [3.63, 3.8) is 0 Å². The molecule has 32 heavy (non-hydrogen) atoms. The number of benzene rings is 1. The fraction of sp³-hybridized carbons (Fsp3) is 0.500. The number of nitrogens with zero attached hydrogens (tertiary/aromatic N) is 3. The van der Waals surface area contributed by atoms with Gasteiger partial charge in [-0.05, 0) is 20.8 Å². The smallest absolute Gasteiger partial charge is 0.410 e. The Hall–Kier alpha value is -3.31. The van der Waals surface area contributed by atoms with Crippen molar-refractivity contribution in [3.8, 4) is 0 Å². The van der Waals surface area contributed by atoms with E-state index in [2.05, 4.69) is 5.32 Å². The summed E-state index contributed by atoms with van der Waals surface area (Å²) in [6, 6.07) is -1.17. The Bertz CT molecular complexity index is 934. The van der Waals surface area contributed by atoms with Gasteiger partial charge in [-0.3, -0.25) is 9.59 Å². The van der Waals surface area contributed by atoms with E-state index in [1.165, 1.54) is 9.80 Å². The maximum absolute atomic E-state index is 13.5. The predicted octanol–water partition coefficient (Wildman–Crippen LogP) is 2.00. The molecular weight excluding hydrogens is 433 g/mol. The van der Waals surface area contributed by atoms with Crippen LogP contribution < -0.4 is 10.2 Å². The highest BCUT2D eigenvalue weighted by Crippen LogP contribution is 2.25. The van der Waals surface area contributed by atoms with Crippen LogP contribution in [0.3, 0.4) is 0 Å². The third kappa shape index (κ3) is 4.94. The highest BCUT2D eigenvalue weighted by molar-refractivity contribution is 6.22. The van der Waals surface area contributed by atoms with Gasteiger partial charge < -0.3 is 19.9 Å². The fourth-order valence-corrected chi connectivity index (χ4v) is 3.35. The molecule has 0 saturated carbocycles. The molecule has 0 radical (unpaired) electrons. The molecule has 0 aromatic heterocycles. The Morgan fingerprint density at radius 1 is 1.03 bits per heavy atom. The number of hydrogen-bond acceptors (Lipinski definition) is 5. The third-order valence-electron chi connectivity index (χ3n) is 4.91. The number of piperazine rings is 1. The summed E-state index contributed by atoms with van der Waals surface area (Å²) in [6.07, 6.45) is -0.864. The van der Waals surface area contributed by atoms with Crippen molar-refractivity contribution in [3.05, 3.63) is 29.6 Å². The maximum Gasteiger partial charge on any atom is 0.410 e. The van der Waals surface area contributed by atoms with Crippen molar-refractivity contribution in [2.24, 2.45) is 0 Å². The van der Waals surface area contributed by atoms with Crippen LogP contribution in [-0.2, 0) is 14.3 Å². The monoisotopic (exact) mass is 456 g/mol. The molecule has 1 atom stereocenters. The first-order valence-electron chi connectivity index (χ1n) is 9.92. The summed E-state index contributed by atoms with van der Waals surface area (Å²) in [6.45, 7) is 6.15. The molecule has 1 aromatic carbocycles. The average molecular weight is 456 g/mol. The lowest BCUT2D eigenvalue weighted by Gasteiger charge is -2.35. The Morgan fingerprint density at radius 2 is 1.56 bits per heavy atom. The van der Waals surface area contributed by atoms with Gasteiger partial charge in [-0.2, -0.15) is 0 Å². The number of rotatable bonds is 3. The van der Waals surface area contributed by atoms with E-state index in [0.717, 1.165) is 0 Å². The van der Waals surface area contributed by atoms with E-state index < -0.39 is 58.7 Å². The van der Waals surface area contributed by atoms with Crippen LogP contribution in [0.5, 0.6) is 0 Å². The molecule has 2 aliphatic rings. The minimum atomic E-state index is -1.72. The summed E-state index contributed by atoms with van der Waals surface area (Å²) < 4.78 is 45.5. The molecule has 3 rings (SSSR count). The number of halogens is 3. The predicted molar refractivity (Wildman–Crippen MR) is 105 cm³/mol. The van der Waals surface area contributed by atoms with Gasteiger partial charge in [0, 0.05) is 38.3 Å². The first-order chi connectivity index (χ1) is 14.9. The van der Waals surface area contributed by atoms with Gasteiger partial charge in [-0.15, -0.1) is 0 Å². The van der Waals surface area contributed by atoms with Crippen LogP contribution >= 0.6 is 0 Å². The Kier molecular flexibility index (Phi) is 6.33. The first-order valence-corrected chi connectivity index (χ1v) is 9.92. The Labute approximate surface area is 182 Å². The third-order valence-corrected chi connectivity index (χ3v) is 4.91.